The first-order valence-corrected chi connectivity index (χ1v) is 10.2. The second-order valence-corrected chi connectivity index (χ2v) is 7.94. The summed E-state index contributed by atoms with van der Waals surface area (Å²) in [5.41, 5.74) is 1.55. The Labute approximate surface area is 166 Å². The van der Waals surface area contributed by atoms with Crippen molar-refractivity contribution in [3.05, 3.63) is 53.9 Å². The molecule has 0 saturated carbocycles. The zero-order valence-electron chi connectivity index (χ0n) is 16.5. The van der Waals surface area contributed by atoms with Crippen molar-refractivity contribution in [1.29, 1.82) is 0 Å². The highest BCUT2D eigenvalue weighted by Crippen LogP contribution is 2.39. The lowest BCUT2D eigenvalue weighted by Gasteiger charge is -2.44. The number of piperidine rings is 1. The van der Waals surface area contributed by atoms with Gasteiger partial charge in [-0.3, -0.25) is 14.3 Å². The lowest BCUT2D eigenvalue weighted by Crippen LogP contribution is -2.61. The highest BCUT2D eigenvalue weighted by molar-refractivity contribution is 5.92. The van der Waals surface area contributed by atoms with Crippen molar-refractivity contribution in [2.45, 2.75) is 50.6 Å². The Morgan fingerprint density at radius 2 is 1.86 bits per heavy atom. The monoisotopic (exact) mass is 380 g/mol. The number of benzene rings is 1. The summed E-state index contributed by atoms with van der Waals surface area (Å²) >= 11 is 0. The SMILES string of the molecule is Cn1nccc1CCC(=O)N1CCCC12CCCN(Cc1ccccc1)C2=O. The van der Waals surface area contributed by atoms with Gasteiger partial charge in [0, 0.05) is 45.0 Å². The number of carbonyl (C=O) groups excluding carboxylic acids is 2. The molecule has 28 heavy (non-hydrogen) atoms. The number of likely N-dealkylation sites (tertiary alicyclic amines) is 2. The van der Waals surface area contributed by atoms with Crippen LogP contribution in [0.15, 0.2) is 42.6 Å². The van der Waals surface area contributed by atoms with E-state index in [4.69, 9.17) is 0 Å². The minimum atomic E-state index is -0.628. The van der Waals surface area contributed by atoms with Crippen LogP contribution in [-0.2, 0) is 29.6 Å². The van der Waals surface area contributed by atoms with Gasteiger partial charge in [-0.25, -0.2) is 0 Å². The van der Waals surface area contributed by atoms with Crippen molar-refractivity contribution in [3.63, 3.8) is 0 Å². The second-order valence-electron chi connectivity index (χ2n) is 7.94. The number of hydrogen-bond donors (Lipinski definition) is 0. The fourth-order valence-corrected chi connectivity index (χ4v) is 4.76. The molecule has 148 valence electrons. The first kappa shape index (κ1) is 18.7. The van der Waals surface area contributed by atoms with Crippen LogP contribution in [0.5, 0.6) is 0 Å². The highest BCUT2D eigenvalue weighted by atomic mass is 16.2. The zero-order chi connectivity index (χ0) is 19.6. The molecule has 0 N–H and O–H groups in total. The van der Waals surface area contributed by atoms with Crippen LogP contribution in [0.1, 0.15) is 43.4 Å². The van der Waals surface area contributed by atoms with Gasteiger partial charge >= 0.3 is 0 Å². The molecule has 4 rings (SSSR count). The lowest BCUT2D eigenvalue weighted by atomic mass is 9.85. The van der Waals surface area contributed by atoms with Gasteiger partial charge < -0.3 is 9.80 Å². The molecule has 6 heteroatoms. The van der Waals surface area contributed by atoms with Gasteiger partial charge in [-0.2, -0.15) is 5.10 Å². The van der Waals surface area contributed by atoms with Gasteiger partial charge in [0.05, 0.1) is 0 Å². The Kier molecular flexibility index (Phi) is 5.20. The number of amides is 2. The fourth-order valence-electron chi connectivity index (χ4n) is 4.76. The number of carbonyl (C=O) groups is 2. The smallest absolute Gasteiger partial charge is 0.248 e. The Morgan fingerprint density at radius 1 is 1.11 bits per heavy atom. The minimum absolute atomic E-state index is 0.0913. The van der Waals surface area contributed by atoms with E-state index in [0.29, 0.717) is 25.9 Å². The third-order valence-corrected chi connectivity index (χ3v) is 6.23. The summed E-state index contributed by atoms with van der Waals surface area (Å²) < 4.78 is 1.81. The van der Waals surface area contributed by atoms with Gasteiger partial charge in [0.1, 0.15) is 5.54 Å². The summed E-state index contributed by atoms with van der Waals surface area (Å²) in [6, 6.07) is 12.1. The fraction of sp³-hybridized carbons (Fsp3) is 0.500. The molecule has 2 amide bonds. The van der Waals surface area contributed by atoms with E-state index in [0.717, 1.165) is 43.5 Å². The summed E-state index contributed by atoms with van der Waals surface area (Å²) in [7, 11) is 1.89. The van der Waals surface area contributed by atoms with Gasteiger partial charge in [0.25, 0.3) is 0 Å². The molecule has 2 aliphatic heterocycles. The van der Waals surface area contributed by atoms with Crippen LogP contribution >= 0.6 is 0 Å². The number of aromatic nitrogens is 2. The Bertz CT molecular complexity index is 847. The third kappa shape index (κ3) is 3.43. The number of hydrogen-bond acceptors (Lipinski definition) is 3. The molecule has 2 aromatic rings. The van der Waals surface area contributed by atoms with Gasteiger partial charge in [0.2, 0.25) is 11.8 Å². The maximum absolute atomic E-state index is 13.5. The van der Waals surface area contributed by atoms with E-state index in [1.165, 1.54) is 0 Å². The van der Waals surface area contributed by atoms with Gasteiger partial charge in [-0.05, 0) is 43.7 Å². The molecule has 1 aromatic carbocycles. The zero-order valence-corrected chi connectivity index (χ0v) is 16.5. The van der Waals surface area contributed by atoms with Gasteiger partial charge in [-0.15, -0.1) is 0 Å². The minimum Gasteiger partial charge on any atom is -0.336 e. The number of rotatable bonds is 5. The van der Waals surface area contributed by atoms with E-state index in [1.807, 2.05) is 41.1 Å². The van der Waals surface area contributed by atoms with Gasteiger partial charge in [0.15, 0.2) is 0 Å². The average molecular weight is 380 g/mol. The van der Waals surface area contributed by atoms with E-state index in [1.54, 1.807) is 10.9 Å². The van der Waals surface area contributed by atoms with Crippen LogP contribution in [0.2, 0.25) is 0 Å². The molecular weight excluding hydrogens is 352 g/mol. The molecule has 6 nitrogen and oxygen atoms in total. The van der Waals surface area contributed by atoms with Gasteiger partial charge in [-0.1, -0.05) is 30.3 Å². The molecule has 2 aliphatic rings. The maximum atomic E-state index is 13.5. The molecule has 2 saturated heterocycles. The molecule has 3 heterocycles. The summed E-state index contributed by atoms with van der Waals surface area (Å²) in [6.45, 7) is 2.08. The van der Waals surface area contributed by atoms with E-state index >= 15 is 0 Å². The lowest BCUT2D eigenvalue weighted by molar-refractivity contribution is -0.155. The first-order chi connectivity index (χ1) is 13.6. The van der Waals surface area contributed by atoms with Crippen LogP contribution in [0.25, 0.3) is 0 Å². The molecule has 0 aliphatic carbocycles. The van der Waals surface area contributed by atoms with Crippen LogP contribution < -0.4 is 0 Å². The standard InChI is InChI=1S/C22H28N4O2/c1-24-19(11-14-23-24)9-10-20(27)26-16-6-13-22(26)12-5-15-25(21(22)28)17-18-7-3-2-4-8-18/h2-4,7-8,11,14H,5-6,9-10,12-13,15-17H2,1H3. The Hall–Kier alpha value is -2.63. The van der Waals surface area contributed by atoms with E-state index < -0.39 is 5.54 Å². The van der Waals surface area contributed by atoms with Crippen molar-refractivity contribution in [1.82, 2.24) is 19.6 Å². The van der Waals surface area contributed by atoms with Crippen molar-refractivity contribution >= 4 is 11.8 Å². The van der Waals surface area contributed by atoms with Crippen LogP contribution in [0, 0.1) is 0 Å². The highest BCUT2D eigenvalue weighted by Gasteiger charge is 2.52. The summed E-state index contributed by atoms with van der Waals surface area (Å²) in [5, 5.41) is 4.17. The van der Waals surface area contributed by atoms with E-state index in [2.05, 4.69) is 17.2 Å². The first-order valence-electron chi connectivity index (χ1n) is 10.2. The molecule has 1 spiro atoms. The largest absolute Gasteiger partial charge is 0.336 e. The second kappa shape index (κ2) is 7.78. The summed E-state index contributed by atoms with van der Waals surface area (Å²) in [6.07, 6.45) is 6.26. The van der Waals surface area contributed by atoms with Crippen LogP contribution in [0.3, 0.4) is 0 Å². The maximum Gasteiger partial charge on any atom is 0.248 e. The van der Waals surface area contributed by atoms with E-state index in [9.17, 15) is 9.59 Å². The Morgan fingerprint density at radius 3 is 2.57 bits per heavy atom. The third-order valence-electron chi connectivity index (χ3n) is 6.23. The molecule has 0 bridgehead atoms. The predicted octanol–water partition coefficient (Wildman–Crippen LogP) is 2.54. The normalized spacial score (nSPS) is 22.2. The molecule has 0 radical (unpaired) electrons. The van der Waals surface area contributed by atoms with Crippen LogP contribution in [-0.4, -0.2) is 50.0 Å². The number of nitrogens with zero attached hydrogens (tertiary/aromatic N) is 4. The Balaban J connectivity index is 1.47. The van der Waals surface area contributed by atoms with Crippen molar-refractivity contribution in [2.75, 3.05) is 13.1 Å². The van der Waals surface area contributed by atoms with Crippen molar-refractivity contribution in [3.8, 4) is 0 Å². The quantitative estimate of drug-likeness (QED) is 0.801. The number of aryl methyl sites for hydroxylation is 2. The van der Waals surface area contributed by atoms with Crippen molar-refractivity contribution < 1.29 is 9.59 Å². The molecule has 1 atom stereocenters. The van der Waals surface area contributed by atoms with Crippen LogP contribution in [0.4, 0.5) is 0 Å². The molecular formula is C22H28N4O2. The topological polar surface area (TPSA) is 58.4 Å². The summed E-state index contributed by atoms with van der Waals surface area (Å²) in [4.78, 5) is 30.4. The van der Waals surface area contributed by atoms with Crippen molar-refractivity contribution in [2.24, 2.45) is 7.05 Å². The molecule has 1 unspecified atom stereocenters. The summed E-state index contributed by atoms with van der Waals surface area (Å²) in [5.74, 6) is 0.225. The molecule has 1 aromatic heterocycles. The predicted molar refractivity (Wildman–Crippen MR) is 106 cm³/mol. The molecule has 2 fully saturated rings. The van der Waals surface area contributed by atoms with E-state index in [-0.39, 0.29) is 11.8 Å². The average Bonchev–Trinajstić information content (AvgIpc) is 3.31.